The summed E-state index contributed by atoms with van der Waals surface area (Å²) in [5, 5.41) is 21.8. The maximum atomic E-state index is 9.60. The zero-order valence-electron chi connectivity index (χ0n) is 7.87. The molecule has 0 radical (unpaired) electrons. The summed E-state index contributed by atoms with van der Waals surface area (Å²) < 4.78 is 0. The van der Waals surface area contributed by atoms with Crippen molar-refractivity contribution >= 4 is 17.3 Å². The van der Waals surface area contributed by atoms with Crippen LogP contribution in [-0.2, 0) is 0 Å². The first-order valence-corrected chi connectivity index (χ1v) is 4.77. The molecule has 0 amide bonds. The smallest absolute Gasteiger partial charge is 0.143 e. The maximum Gasteiger partial charge on any atom is 0.143 e. The van der Waals surface area contributed by atoms with Crippen molar-refractivity contribution in [2.75, 3.05) is 0 Å². The van der Waals surface area contributed by atoms with Crippen LogP contribution in [0.4, 0.5) is 0 Å². The number of nitrogens with zero attached hydrogens (tertiary/aromatic N) is 1. The second kappa shape index (κ2) is 4.86. The molecule has 2 N–H and O–H groups in total. The summed E-state index contributed by atoms with van der Waals surface area (Å²) >= 11 is 5.73. The number of rotatable bonds is 3. The van der Waals surface area contributed by atoms with Gasteiger partial charge in [0.25, 0.3) is 0 Å². The average molecular weight is 214 g/mol. The summed E-state index contributed by atoms with van der Waals surface area (Å²) in [7, 11) is 0. The van der Waals surface area contributed by atoms with Crippen LogP contribution in [0, 0.1) is 0 Å². The number of para-hydroxylation sites is 1. The molecule has 1 rings (SSSR count). The van der Waals surface area contributed by atoms with Gasteiger partial charge in [-0.2, -0.15) is 0 Å². The lowest BCUT2D eigenvalue weighted by atomic mass is 10.1. The van der Waals surface area contributed by atoms with Crippen LogP contribution in [0.25, 0.3) is 0 Å². The molecule has 0 atom stereocenters. The molecule has 76 valence electrons. The summed E-state index contributed by atoms with van der Waals surface area (Å²) in [5.41, 5.74) is 0.939. The third-order valence-corrected chi connectivity index (χ3v) is 2.21. The first-order chi connectivity index (χ1) is 6.70. The molecular weight excluding hydrogens is 202 g/mol. The van der Waals surface area contributed by atoms with Gasteiger partial charge in [-0.15, -0.1) is 0 Å². The van der Waals surface area contributed by atoms with E-state index in [1.165, 1.54) is 0 Å². The van der Waals surface area contributed by atoms with Gasteiger partial charge >= 0.3 is 0 Å². The van der Waals surface area contributed by atoms with Crippen molar-refractivity contribution < 1.29 is 10.3 Å². The fourth-order valence-corrected chi connectivity index (χ4v) is 1.40. The van der Waals surface area contributed by atoms with Crippen LogP contribution < -0.4 is 0 Å². The Balaban J connectivity index is 3.11. The van der Waals surface area contributed by atoms with Crippen molar-refractivity contribution in [2.45, 2.75) is 19.8 Å². The molecule has 3 nitrogen and oxygen atoms in total. The third-order valence-electron chi connectivity index (χ3n) is 1.91. The Labute approximate surface area is 87.6 Å². The number of halogens is 1. The van der Waals surface area contributed by atoms with Crippen LogP contribution in [0.1, 0.15) is 25.3 Å². The van der Waals surface area contributed by atoms with E-state index < -0.39 is 0 Å². The predicted octanol–water partition coefficient (Wildman–Crippen LogP) is 3.02. The highest BCUT2D eigenvalue weighted by Crippen LogP contribution is 2.28. The Bertz CT molecular complexity index is 350. The molecule has 0 aromatic heterocycles. The molecule has 0 fully saturated rings. The zero-order chi connectivity index (χ0) is 10.6. The normalized spacial score (nSPS) is 11.7. The van der Waals surface area contributed by atoms with Crippen LogP contribution in [0.15, 0.2) is 23.4 Å². The maximum absolute atomic E-state index is 9.60. The predicted molar refractivity (Wildman–Crippen MR) is 56.3 cm³/mol. The topological polar surface area (TPSA) is 52.8 Å². The highest BCUT2D eigenvalue weighted by atomic mass is 35.5. The first kappa shape index (κ1) is 10.9. The first-order valence-electron chi connectivity index (χ1n) is 4.39. The average Bonchev–Trinajstić information content (AvgIpc) is 2.19. The van der Waals surface area contributed by atoms with Gasteiger partial charge in [-0.3, -0.25) is 0 Å². The molecule has 4 heteroatoms. The number of oxime groups is 1. The number of aromatic hydroxyl groups is 1. The van der Waals surface area contributed by atoms with E-state index in [0.717, 1.165) is 6.42 Å². The van der Waals surface area contributed by atoms with Gasteiger partial charge in [-0.25, -0.2) is 0 Å². The van der Waals surface area contributed by atoms with Gasteiger partial charge in [-0.1, -0.05) is 36.2 Å². The minimum atomic E-state index is -0.0320. The fourth-order valence-electron chi connectivity index (χ4n) is 1.22. The minimum Gasteiger partial charge on any atom is -0.506 e. The lowest BCUT2D eigenvalue weighted by molar-refractivity contribution is 0.317. The van der Waals surface area contributed by atoms with Gasteiger partial charge in [0.1, 0.15) is 5.75 Å². The number of hydrogen-bond acceptors (Lipinski definition) is 3. The molecule has 1 aromatic carbocycles. The number of phenolic OH excluding ortho intramolecular Hbond substituents is 1. The van der Waals surface area contributed by atoms with E-state index in [9.17, 15) is 5.11 Å². The molecule has 0 aliphatic heterocycles. The van der Waals surface area contributed by atoms with Gasteiger partial charge in [0.15, 0.2) is 0 Å². The Morgan fingerprint density at radius 2 is 2.21 bits per heavy atom. The van der Waals surface area contributed by atoms with Crippen molar-refractivity contribution in [3.8, 4) is 5.75 Å². The number of phenols is 1. The van der Waals surface area contributed by atoms with Crippen molar-refractivity contribution in [3.05, 3.63) is 28.8 Å². The third kappa shape index (κ3) is 2.17. The minimum absolute atomic E-state index is 0.0320. The Morgan fingerprint density at radius 1 is 1.50 bits per heavy atom. The molecule has 0 heterocycles. The summed E-state index contributed by atoms with van der Waals surface area (Å²) in [6.45, 7) is 1.97. The quantitative estimate of drug-likeness (QED) is 0.461. The van der Waals surface area contributed by atoms with E-state index in [-0.39, 0.29) is 10.8 Å². The highest BCUT2D eigenvalue weighted by Gasteiger charge is 2.10. The molecular formula is C10H12ClNO2. The van der Waals surface area contributed by atoms with Crippen molar-refractivity contribution in [1.29, 1.82) is 0 Å². The van der Waals surface area contributed by atoms with Crippen LogP contribution in [0.3, 0.4) is 0 Å². The summed E-state index contributed by atoms with van der Waals surface area (Å²) in [5.74, 6) is -0.0320. The summed E-state index contributed by atoms with van der Waals surface area (Å²) in [6.07, 6.45) is 1.44. The van der Waals surface area contributed by atoms with Gasteiger partial charge in [0.2, 0.25) is 0 Å². The van der Waals surface area contributed by atoms with Gasteiger partial charge in [0, 0.05) is 5.56 Å². The number of hydrogen-bond donors (Lipinski definition) is 2. The standard InChI is InChI=1S/C10H12ClNO2/c1-2-4-9(12-14)7-5-3-6-8(11)10(7)13/h3,5-6,13-14H,2,4H2,1H3/b12-9-. The molecule has 0 bridgehead atoms. The molecule has 0 aliphatic carbocycles. The van der Waals surface area contributed by atoms with Gasteiger partial charge < -0.3 is 10.3 Å². The van der Waals surface area contributed by atoms with Crippen molar-refractivity contribution in [2.24, 2.45) is 5.16 Å². The van der Waals surface area contributed by atoms with E-state index in [2.05, 4.69) is 5.16 Å². The Morgan fingerprint density at radius 3 is 2.79 bits per heavy atom. The summed E-state index contributed by atoms with van der Waals surface area (Å²) in [6, 6.07) is 4.96. The SMILES string of the molecule is CCC/C(=N/O)c1cccc(Cl)c1O. The van der Waals surface area contributed by atoms with Crippen LogP contribution in [0.5, 0.6) is 5.75 Å². The molecule has 0 saturated heterocycles. The second-order valence-corrected chi connectivity index (χ2v) is 3.34. The lowest BCUT2D eigenvalue weighted by Crippen LogP contribution is -2.00. The largest absolute Gasteiger partial charge is 0.506 e. The summed E-state index contributed by atoms with van der Waals surface area (Å²) in [4.78, 5) is 0. The zero-order valence-corrected chi connectivity index (χ0v) is 8.62. The number of benzene rings is 1. The van der Waals surface area contributed by atoms with E-state index in [4.69, 9.17) is 16.8 Å². The van der Waals surface area contributed by atoms with Crippen LogP contribution in [0.2, 0.25) is 5.02 Å². The molecule has 0 unspecified atom stereocenters. The van der Waals surface area contributed by atoms with E-state index in [0.29, 0.717) is 17.7 Å². The van der Waals surface area contributed by atoms with Crippen LogP contribution >= 0.6 is 11.6 Å². The monoisotopic (exact) mass is 213 g/mol. The lowest BCUT2D eigenvalue weighted by Gasteiger charge is -2.06. The highest BCUT2D eigenvalue weighted by molar-refractivity contribution is 6.32. The van der Waals surface area contributed by atoms with Crippen molar-refractivity contribution in [1.82, 2.24) is 0 Å². The fraction of sp³-hybridized carbons (Fsp3) is 0.300. The van der Waals surface area contributed by atoms with Crippen molar-refractivity contribution in [3.63, 3.8) is 0 Å². The Hall–Kier alpha value is -1.22. The second-order valence-electron chi connectivity index (χ2n) is 2.93. The van der Waals surface area contributed by atoms with Crippen LogP contribution in [-0.4, -0.2) is 16.0 Å². The van der Waals surface area contributed by atoms with E-state index in [1.54, 1.807) is 18.2 Å². The molecule has 0 spiro atoms. The Kier molecular flexibility index (Phi) is 3.77. The molecule has 0 saturated carbocycles. The van der Waals surface area contributed by atoms with E-state index >= 15 is 0 Å². The molecule has 14 heavy (non-hydrogen) atoms. The van der Waals surface area contributed by atoms with Gasteiger partial charge in [0.05, 0.1) is 10.7 Å². The molecule has 0 aliphatic rings. The molecule has 1 aromatic rings. The van der Waals surface area contributed by atoms with E-state index in [1.807, 2.05) is 6.92 Å². The van der Waals surface area contributed by atoms with Gasteiger partial charge in [-0.05, 0) is 18.6 Å².